The first kappa shape index (κ1) is 25.0. The summed E-state index contributed by atoms with van der Waals surface area (Å²) in [6, 6.07) is 14.0. The fraction of sp³-hybridized carbons (Fsp3) is 0.391. The molecule has 0 saturated heterocycles. The van der Waals surface area contributed by atoms with Gasteiger partial charge in [-0.05, 0) is 80.7 Å². The molecule has 168 valence electrons. The number of rotatable bonds is 8. The van der Waals surface area contributed by atoms with Gasteiger partial charge in [0.25, 0.3) is 0 Å². The van der Waals surface area contributed by atoms with E-state index in [9.17, 15) is 13.2 Å². The average molecular weight is 462 g/mol. The van der Waals surface area contributed by atoms with Crippen LogP contribution in [0.2, 0.25) is 0 Å². The van der Waals surface area contributed by atoms with Gasteiger partial charge in [0.2, 0.25) is 15.9 Å². The third-order valence-electron chi connectivity index (χ3n) is 4.57. The van der Waals surface area contributed by atoms with Crippen LogP contribution in [-0.4, -0.2) is 25.5 Å². The number of thiocarbonyl (C=S) groups is 1. The lowest BCUT2D eigenvalue weighted by molar-refractivity contribution is -0.120. The van der Waals surface area contributed by atoms with E-state index in [0.29, 0.717) is 11.6 Å². The van der Waals surface area contributed by atoms with Crippen LogP contribution in [0.1, 0.15) is 51.7 Å². The molecule has 8 heteroatoms. The first-order valence-electron chi connectivity index (χ1n) is 10.3. The molecule has 3 N–H and O–H groups in total. The van der Waals surface area contributed by atoms with Crippen molar-refractivity contribution in [1.29, 1.82) is 0 Å². The summed E-state index contributed by atoms with van der Waals surface area (Å²) in [6.45, 7) is 9.70. The quantitative estimate of drug-likeness (QED) is 0.513. The van der Waals surface area contributed by atoms with Crippen LogP contribution in [0, 0.1) is 5.92 Å². The first-order valence-corrected chi connectivity index (χ1v) is 12.2. The Morgan fingerprint density at radius 3 is 2.03 bits per heavy atom. The molecule has 0 aliphatic heterocycles. The third-order valence-corrected chi connectivity index (χ3v) is 6.45. The standard InChI is InChI=1S/C23H31N3O3S2/c1-15(2)14-18-6-8-19(9-7-18)17(5)22(27)25-23(30)24-20-10-12-21(13-11-20)31(28,29)26-16(3)4/h6-13,15-17,26H,14H2,1-5H3,(H2,24,25,27,30). The van der Waals surface area contributed by atoms with E-state index in [1.807, 2.05) is 19.1 Å². The highest BCUT2D eigenvalue weighted by molar-refractivity contribution is 7.89. The van der Waals surface area contributed by atoms with Gasteiger partial charge in [-0.15, -0.1) is 0 Å². The molecule has 0 aromatic heterocycles. The van der Waals surface area contributed by atoms with Gasteiger partial charge < -0.3 is 10.6 Å². The maximum Gasteiger partial charge on any atom is 0.240 e. The molecule has 0 saturated carbocycles. The van der Waals surface area contributed by atoms with E-state index in [1.54, 1.807) is 26.0 Å². The van der Waals surface area contributed by atoms with E-state index in [2.05, 4.69) is 41.3 Å². The summed E-state index contributed by atoms with van der Waals surface area (Å²) in [5.41, 5.74) is 2.75. The SMILES string of the molecule is CC(C)Cc1ccc(C(C)C(=O)NC(=S)Nc2ccc(S(=O)(=O)NC(C)C)cc2)cc1. The highest BCUT2D eigenvalue weighted by Gasteiger charge is 2.17. The first-order chi connectivity index (χ1) is 14.5. The Morgan fingerprint density at radius 1 is 0.935 bits per heavy atom. The van der Waals surface area contributed by atoms with E-state index in [0.717, 1.165) is 12.0 Å². The molecule has 0 fully saturated rings. The van der Waals surface area contributed by atoms with Gasteiger partial charge in [0.05, 0.1) is 10.8 Å². The fourth-order valence-electron chi connectivity index (χ4n) is 3.04. The normalized spacial score (nSPS) is 12.6. The van der Waals surface area contributed by atoms with Gasteiger partial charge >= 0.3 is 0 Å². The van der Waals surface area contributed by atoms with Gasteiger partial charge in [0.15, 0.2) is 5.11 Å². The van der Waals surface area contributed by atoms with E-state index >= 15 is 0 Å². The molecule has 0 aliphatic carbocycles. The number of benzene rings is 2. The van der Waals surface area contributed by atoms with Crippen molar-refractivity contribution in [3.8, 4) is 0 Å². The fourth-order valence-corrected chi connectivity index (χ4v) is 4.51. The largest absolute Gasteiger partial charge is 0.332 e. The molecule has 6 nitrogen and oxygen atoms in total. The Balaban J connectivity index is 1.95. The number of amides is 1. The predicted octanol–water partition coefficient (Wildman–Crippen LogP) is 4.19. The van der Waals surface area contributed by atoms with Gasteiger partial charge in [0.1, 0.15) is 0 Å². The van der Waals surface area contributed by atoms with E-state index < -0.39 is 10.0 Å². The zero-order valence-electron chi connectivity index (χ0n) is 18.6. The van der Waals surface area contributed by atoms with Gasteiger partial charge in [-0.3, -0.25) is 4.79 Å². The van der Waals surface area contributed by atoms with Crippen LogP contribution < -0.4 is 15.4 Å². The highest BCUT2D eigenvalue weighted by atomic mass is 32.2. The Kier molecular flexibility index (Phi) is 8.73. The van der Waals surface area contributed by atoms with E-state index in [1.165, 1.54) is 17.7 Å². The Morgan fingerprint density at radius 2 is 1.52 bits per heavy atom. The molecular weight excluding hydrogens is 430 g/mol. The monoisotopic (exact) mass is 461 g/mol. The number of carbonyl (C=O) groups excluding carboxylic acids is 1. The number of hydrogen-bond donors (Lipinski definition) is 3. The molecule has 1 amide bonds. The van der Waals surface area contributed by atoms with Crippen LogP contribution in [0.5, 0.6) is 0 Å². The van der Waals surface area contributed by atoms with Crippen molar-refractivity contribution in [3.05, 3.63) is 59.7 Å². The van der Waals surface area contributed by atoms with Gasteiger partial charge in [0, 0.05) is 11.7 Å². The van der Waals surface area contributed by atoms with Gasteiger partial charge in [-0.2, -0.15) is 0 Å². The summed E-state index contributed by atoms with van der Waals surface area (Å²) in [7, 11) is -3.56. The van der Waals surface area contributed by atoms with Crippen molar-refractivity contribution >= 4 is 38.9 Å². The van der Waals surface area contributed by atoms with Crippen LogP contribution >= 0.6 is 12.2 Å². The molecule has 0 heterocycles. The maximum atomic E-state index is 12.6. The maximum absolute atomic E-state index is 12.6. The number of hydrogen-bond acceptors (Lipinski definition) is 4. The van der Waals surface area contributed by atoms with Crippen LogP contribution in [0.3, 0.4) is 0 Å². The summed E-state index contributed by atoms with van der Waals surface area (Å²) >= 11 is 5.24. The second kappa shape index (κ2) is 10.8. The molecule has 2 aromatic rings. The Bertz CT molecular complexity index is 999. The third kappa shape index (κ3) is 7.72. The van der Waals surface area contributed by atoms with Gasteiger partial charge in [-0.1, -0.05) is 38.1 Å². The molecule has 2 aromatic carbocycles. The molecule has 1 atom stereocenters. The summed E-state index contributed by atoms with van der Waals surface area (Å²) < 4.78 is 26.9. The second-order valence-electron chi connectivity index (χ2n) is 8.30. The lowest BCUT2D eigenvalue weighted by Crippen LogP contribution is -2.36. The topological polar surface area (TPSA) is 87.3 Å². The minimum absolute atomic E-state index is 0.157. The predicted molar refractivity (Wildman–Crippen MR) is 130 cm³/mol. The Hall–Kier alpha value is -2.29. The number of sulfonamides is 1. The van der Waals surface area contributed by atoms with Crippen LogP contribution in [-0.2, 0) is 21.2 Å². The average Bonchev–Trinajstić information content (AvgIpc) is 2.67. The number of carbonyl (C=O) groups is 1. The van der Waals surface area contributed by atoms with Crippen LogP contribution in [0.25, 0.3) is 0 Å². The zero-order chi connectivity index (χ0) is 23.2. The lowest BCUT2D eigenvalue weighted by atomic mass is 9.96. The molecule has 0 bridgehead atoms. The highest BCUT2D eigenvalue weighted by Crippen LogP contribution is 2.18. The van der Waals surface area contributed by atoms with E-state index in [-0.39, 0.29) is 27.9 Å². The summed E-state index contributed by atoms with van der Waals surface area (Å²) in [6.07, 6.45) is 1.00. The number of nitrogens with one attached hydrogen (secondary N) is 3. The Labute approximate surface area is 190 Å². The van der Waals surface area contributed by atoms with E-state index in [4.69, 9.17) is 12.2 Å². The van der Waals surface area contributed by atoms with Crippen molar-refractivity contribution in [2.75, 3.05) is 5.32 Å². The molecule has 0 aliphatic rings. The van der Waals surface area contributed by atoms with Crippen molar-refractivity contribution < 1.29 is 13.2 Å². The van der Waals surface area contributed by atoms with Gasteiger partial charge in [-0.25, -0.2) is 13.1 Å². The molecule has 1 unspecified atom stereocenters. The zero-order valence-corrected chi connectivity index (χ0v) is 20.2. The van der Waals surface area contributed by atoms with Crippen molar-refractivity contribution in [1.82, 2.24) is 10.0 Å². The molecular formula is C23H31N3O3S2. The van der Waals surface area contributed by atoms with Crippen molar-refractivity contribution in [2.24, 2.45) is 5.92 Å². The molecule has 0 spiro atoms. The molecule has 2 rings (SSSR count). The second-order valence-corrected chi connectivity index (χ2v) is 10.4. The molecule has 0 radical (unpaired) electrons. The minimum Gasteiger partial charge on any atom is -0.332 e. The van der Waals surface area contributed by atoms with Crippen molar-refractivity contribution in [3.63, 3.8) is 0 Å². The smallest absolute Gasteiger partial charge is 0.240 e. The van der Waals surface area contributed by atoms with Crippen LogP contribution in [0.15, 0.2) is 53.4 Å². The summed E-state index contributed by atoms with van der Waals surface area (Å²) in [4.78, 5) is 12.7. The number of anilines is 1. The summed E-state index contributed by atoms with van der Waals surface area (Å²) in [5.74, 6) is 0.00702. The minimum atomic E-state index is -3.56. The van der Waals surface area contributed by atoms with Crippen LogP contribution in [0.4, 0.5) is 5.69 Å². The summed E-state index contributed by atoms with van der Waals surface area (Å²) in [5, 5.41) is 5.77. The lowest BCUT2D eigenvalue weighted by Gasteiger charge is -2.15. The molecule has 31 heavy (non-hydrogen) atoms. The van der Waals surface area contributed by atoms with Crippen molar-refractivity contribution in [2.45, 2.75) is 57.9 Å².